The molecule has 146 valence electrons. The topological polar surface area (TPSA) is 61.8 Å². The van der Waals surface area contributed by atoms with Crippen LogP contribution in [0.25, 0.3) is 0 Å². The molecule has 1 aromatic carbocycles. The van der Waals surface area contributed by atoms with Crippen molar-refractivity contribution in [3.63, 3.8) is 0 Å². The second-order valence-corrected chi connectivity index (χ2v) is 10.00. The Labute approximate surface area is 157 Å². The van der Waals surface area contributed by atoms with Crippen molar-refractivity contribution in [2.75, 3.05) is 12.9 Å². The number of hydrogen-bond acceptors (Lipinski definition) is 5. The Morgan fingerprint density at radius 2 is 1.92 bits per heavy atom. The van der Waals surface area contributed by atoms with Crippen LogP contribution in [-0.2, 0) is 30.4 Å². The molecule has 26 heavy (non-hydrogen) atoms. The fourth-order valence-corrected chi connectivity index (χ4v) is 4.87. The third-order valence-corrected chi connectivity index (χ3v) is 6.76. The summed E-state index contributed by atoms with van der Waals surface area (Å²) >= 11 is 0. The quantitative estimate of drug-likeness (QED) is 0.642. The molecule has 0 amide bonds. The van der Waals surface area contributed by atoms with E-state index in [2.05, 4.69) is 19.1 Å². The number of rotatable bonds is 8. The van der Waals surface area contributed by atoms with E-state index in [4.69, 9.17) is 13.7 Å². The molecule has 0 spiro atoms. The largest absolute Gasteiger partial charge is 0.370 e. The summed E-state index contributed by atoms with van der Waals surface area (Å²) in [6.07, 6.45) is 4.61. The third-order valence-electron chi connectivity index (χ3n) is 6.21. The van der Waals surface area contributed by atoms with Gasteiger partial charge in [-0.05, 0) is 24.8 Å². The second-order valence-electron chi connectivity index (χ2n) is 8.35. The van der Waals surface area contributed by atoms with Gasteiger partial charge in [-0.1, -0.05) is 51.1 Å². The van der Waals surface area contributed by atoms with Crippen LogP contribution >= 0.6 is 0 Å². The van der Waals surface area contributed by atoms with Gasteiger partial charge < -0.3 is 9.47 Å². The zero-order valence-corrected chi connectivity index (χ0v) is 17.0. The van der Waals surface area contributed by atoms with Gasteiger partial charge in [0.15, 0.2) is 0 Å². The lowest BCUT2D eigenvalue weighted by Gasteiger charge is -2.41. The first-order chi connectivity index (χ1) is 12.1. The molecule has 0 aromatic heterocycles. The summed E-state index contributed by atoms with van der Waals surface area (Å²) in [4.78, 5) is 0. The first kappa shape index (κ1) is 19.8. The van der Waals surface area contributed by atoms with Crippen LogP contribution in [0.2, 0.25) is 0 Å². The highest BCUT2D eigenvalue weighted by Crippen LogP contribution is 2.60. The maximum absolute atomic E-state index is 11.5. The van der Waals surface area contributed by atoms with E-state index in [1.165, 1.54) is 0 Å². The SMILES string of the molecule is CC[C@]12CC[C@](C(C)(C)COS(C)(=O)=O)(C[C@H]1OCc1ccccc1)O2. The molecule has 2 fully saturated rings. The normalized spacial score (nSPS) is 31.5. The molecule has 0 unspecified atom stereocenters. The van der Waals surface area contributed by atoms with Crippen molar-refractivity contribution >= 4 is 10.1 Å². The van der Waals surface area contributed by atoms with Crippen LogP contribution in [-0.4, -0.2) is 38.6 Å². The summed E-state index contributed by atoms with van der Waals surface area (Å²) in [6.45, 7) is 6.89. The van der Waals surface area contributed by atoms with Gasteiger partial charge in [0.05, 0.1) is 36.8 Å². The number of fused-ring (bicyclic) bond motifs is 2. The molecule has 1 aromatic rings. The molecule has 5 nitrogen and oxygen atoms in total. The first-order valence-corrected chi connectivity index (χ1v) is 11.1. The van der Waals surface area contributed by atoms with Gasteiger partial charge in [0.1, 0.15) is 0 Å². The fourth-order valence-electron chi connectivity index (χ4n) is 4.36. The van der Waals surface area contributed by atoms with E-state index >= 15 is 0 Å². The van der Waals surface area contributed by atoms with Crippen LogP contribution < -0.4 is 0 Å². The molecule has 0 radical (unpaired) electrons. The first-order valence-electron chi connectivity index (χ1n) is 9.32. The summed E-state index contributed by atoms with van der Waals surface area (Å²) in [5, 5.41) is 0. The van der Waals surface area contributed by atoms with Crippen LogP contribution in [0.5, 0.6) is 0 Å². The standard InChI is InChI=1S/C20H30O5S/c1-5-19-11-12-20(25-19,18(2,3)15-24-26(4,21)22)13-17(19)23-14-16-9-7-6-8-10-16/h6-10,17H,5,11-15H2,1-4H3/t17-,19+,20-/m1/s1. The minimum Gasteiger partial charge on any atom is -0.370 e. The van der Waals surface area contributed by atoms with Gasteiger partial charge in [-0.15, -0.1) is 0 Å². The minimum absolute atomic E-state index is 0.0129. The van der Waals surface area contributed by atoms with E-state index in [9.17, 15) is 8.42 Å². The van der Waals surface area contributed by atoms with Crippen molar-refractivity contribution in [2.24, 2.45) is 5.41 Å². The van der Waals surface area contributed by atoms with Crippen LogP contribution in [0.15, 0.2) is 30.3 Å². The molecule has 0 N–H and O–H groups in total. The van der Waals surface area contributed by atoms with Crippen molar-refractivity contribution in [3.05, 3.63) is 35.9 Å². The van der Waals surface area contributed by atoms with Crippen LogP contribution in [0.1, 0.15) is 52.0 Å². The fraction of sp³-hybridized carbons (Fsp3) is 0.700. The monoisotopic (exact) mass is 382 g/mol. The van der Waals surface area contributed by atoms with E-state index < -0.39 is 21.1 Å². The molecule has 2 bridgehead atoms. The highest BCUT2D eigenvalue weighted by atomic mass is 32.2. The van der Waals surface area contributed by atoms with E-state index in [0.29, 0.717) is 6.61 Å². The van der Waals surface area contributed by atoms with Gasteiger partial charge in [0, 0.05) is 11.8 Å². The molecule has 0 aliphatic carbocycles. The number of benzene rings is 1. The molecule has 3 atom stereocenters. The number of hydrogen-bond donors (Lipinski definition) is 0. The van der Waals surface area contributed by atoms with E-state index in [0.717, 1.165) is 37.5 Å². The molecule has 2 saturated heterocycles. The molecule has 2 aliphatic heterocycles. The van der Waals surface area contributed by atoms with Crippen LogP contribution in [0.4, 0.5) is 0 Å². The zero-order chi connectivity index (χ0) is 19.1. The Morgan fingerprint density at radius 3 is 2.54 bits per heavy atom. The molecule has 6 heteroatoms. The van der Waals surface area contributed by atoms with Gasteiger partial charge >= 0.3 is 0 Å². The lowest BCUT2D eigenvalue weighted by molar-refractivity contribution is -0.135. The highest BCUT2D eigenvalue weighted by Gasteiger charge is 2.66. The lowest BCUT2D eigenvalue weighted by atomic mass is 9.67. The predicted molar refractivity (Wildman–Crippen MR) is 100 cm³/mol. The van der Waals surface area contributed by atoms with Crippen molar-refractivity contribution in [2.45, 2.75) is 70.4 Å². The molecule has 2 heterocycles. The highest BCUT2D eigenvalue weighted by molar-refractivity contribution is 7.85. The summed E-state index contributed by atoms with van der Waals surface area (Å²) in [5.74, 6) is 0. The van der Waals surface area contributed by atoms with Crippen LogP contribution in [0, 0.1) is 5.41 Å². The summed E-state index contributed by atoms with van der Waals surface area (Å²) < 4.78 is 41.0. The Hall–Kier alpha value is -0.950. The molecular formula is C20H30O5S. The van der Waals surface area contributed by atoms with Gasteiger partial charge in [-0.3, -0.25) is 4.18 Å². The smallest absolute Gasteiger partial charge is 0.264 e. The Morgan fingerprint density at radius 1 is 1.23 bits per heavy atom. The van der Waals surface area contributed by atoms with Crippen LogP contribution in [0.3, 0.4) is 0 Å². The Balaban J connectivity index is 1.74. The minimum atomic E-state index is -3.48. The number of ether oxygens (including phenoxy) is 2. The van der Waals surface area contributed by atoms with E-state index in [-0.39, 0.29) is 18.3 Å². The molecular weight excluding hydrogens is 352 g/mol. The van der Waals surface area contributed by atoms with E-state index in [1.807, 2.05) is 32.0 Å². The zero-order valence-electron chi connectivity index (χ0n) is 16.2. The molecule has 3 rings (SSSR count). The summed E-state index contributed by atoms with van der Waals surface area (Å²) in [7, 11) is -3.48. The lowest BCUT2D eigenvalue weighted by Crippen LogP contribution is -2.47. The Kier molecular flexibility index (Phi) is 5.25. The maximum atomic E-state index is 11.5. The van der Waals surface area contributed by atoms with Gasteiger partial charge in [-0.25, -0.2) is 0 Å². The van der Waals surface area contributed by atoms with Crippen molar-refractivity contribution in [1.29, 1.82) is 0 Å². The average Bonchev–Trinajstić information content (AvgIpc) is 3.15. The average molecular weight is 383 g/mol. The third kappa shape index (κ3) is 3.70. The summed E-state index contributed by atoms with van der Waals surface area (Å²) in [5.41, 5.74) is 0.0413. The van der Waals surface area contributed by atoms with Crippen molar-refractivity contribution < 1.29 is 22.1 Å². The molecule has 2 aliphatic rings. The Bertz CT molecular complexity index is 730. The van der Waals surface area contributed by atoms with E-state index in [1.54, 1.807) is 0 Å². The maximum Gasteiger partial charge on any atom is 0.264 e. The molecule has 0 saturated carbocycles. The van der Waals surface area contributed by atoms with Crippen molar-refractivity contribution in [3.8, 4) is 0 Å². The summed E-state index contributed by atoms with van der Waals surface area (Å²) in [6, 6.07) is 10.1. The van der Waals surface area contributed by atoms with Gasteiger partial charge in [0.25, 0.3) is 10.1 Å². The van der Waals surface area contributed by atoms with Crippen molar-refractivity contribution in [1.82, 2.24) is 0 Å². The predicted octanol–water partition coefficient (Wildman–Crippen LogP) is 3.68. The van der Waals surface area contributed by atoms with Gasteiger partial charge in [-0.2, -0.15) is 8.42 Å². The van der Waals surface area contributed by atoms with Gasteiger partial charge in [0.2, 0.25) is 0 Å². The second kappa shape index (κ2) is 6.89.